The Bertz CT molecular complexity index is 846. The smallest absolute Gasteiger partial charge is 0.223 e. The van der Waals surface area contributed by atoms with Crippen LogP contribution >= 0.6 is 11.6 Å². The highest BCUT2D eigenvalue weighted by Crippen LogP contribution is 2.24. The van der Waals surface area contributed by atoms with Gasteiger partial charge in [0.15, 0.2) is 0 Å². The standard InChI is InChI=1S/C23H28ClFN2O/c1-15-4-5-16(2)21(12-15)17(3)26-23(28)18-8-10-27(11-9-18)14-19-6-7-20(24)13-22(19)25/h4-7,12-13,17-18H,8-11,14H2,1-3H3,(H,26,28)/t17-/m0/s1. The lowest BCUT2D eigenvalue weighted by atomic mass is 9.94. The van der Waals surface area contributed by atoms with E-state index in [-0.39, 0.29) is 23.7 Å². The molecule has 1 N–H and O–H groups in total. The lowest BCUT2D eigenvalue weighted by Crippen LogP contribution is -2.41. The van der Waals surface area contributed by atoms with Crippen LogP contribution in [0, 0.1) is 25.6 Å². The molecule has 1 fully saturated rings. The molecule has 0 saturated carbocycles. The van der Waals surface area contributed by atoms with Gasteiger partial charge in [0.2, 0.25) is 5.91 Å². The highest BCUT2D eigenvalue weighted by Gasteiger charge is 2.26. The number of nitrogens with zero attached hydrogens (tertiary/aromatic N) is 1. The van der Waals surface area contributed by atoms with Crippen LogP contribution in [0.2, 0.25) is 5.02 Å². The van der Waals surface area contributed by atoms with E-state index in [2.05, 4.69) is 42.3 Å². The second-order valence-electron chi connectivity index (χ2n) is 7.88. The van der Waals surface area contributed by atoms with Crippen molar-refractivity contribution in [2.45, 2.75) is 46.2 Å². The Morgan fingerprint density at radius 2 is 1.93 bits per heavy atom. The molecule has 2 aromatic rings. The van der Waals surface area contributed by atoms with Crippen molar-refractivity contribution in [1.82, 2.24) is 10.2 Å². The molecular weight excluding hydrogens is 375 g/mol. The molecular formula is C23H28ClFN2O. The van der Waals surface area contributed by atoms with Gasteiger partial charge in [0.1, 0.15) is 5.82 Å². The van der Waals surface area contributed by atoms with E-state index in [1.165, 1.54) is 22.8 Å². The molecule has 0 radical (unpaired) electrons. The van der Waals surface area contributed by atoms with Gasteiger partial charge in [0, 0.05) is 23.0 Å². The van der Waals surface area contributed by atoms with Crippen molar-refractivity contribution >= 4 is 17.5 Å². The van der Waals surface area contributed by atoms with Crippen LogP contribution in [0.4, 0.5) is 4.39 Å². The highest BCUT2D eigenvalue weighted by molar-refractivity contribution is 6.30. The third kappa shape index (κ3) is 5.12. The lowest BCUT2D eigenvalue weighted by Gasteiger charge is -2.32. The lowest BCUT2D eigenvalue weighted by molar-refractivity contribution is -0.127. The van der Waals surface area contributed by atoms with Crippen LogP contribution in [0.1, 0.15) is 48.1 Å². The molecule has 1 saturated heterocycles. The van der Waals surface area contributed by atoms with Gasteiger partial charge in [-0.25, -0.2) is 4.39 Å². The average molecular weight is 403 g/mol. The van der Waals surface area contributed by atoms with Gasteiger partial charge in [0.25, 0.3) is 0 Å². The predicted molar refractivity (Wildman–Crippen MR) is 112 cm³/mol. The molecule has 1 heterocycles. The minimum Gasteiger partial charge on any atom is -0.349 e. The molecule has 0 aliphatic carbocycles. The van der Waals surface area contributed by atoms with E-state index in [1.807, 2.05) is 6.92 Å². The topological polar surface area (TPSA) is 32.3 Å². The number of carbonyl (C=O) groups excluding carboxylic acids is 1. The van der Waals surface area contributed by atoms with Crippen LogP contribution in [0.15, 0.2) is 36.4 Å². The molecule has 3 rings (SSSR count). The molecule has 0 aromatic heterocycles. The van der Waals surface area contributed by atoms with Crippen LogP contribution in [-0.4, -0.2) is 23.9 Å². The monoisotopic (exact) mass is 402 g/mol. The number of amides is 1. The molecule has 150 valence electrons. The first-order chi connectivity index (χ1) is 13.3. The van der Waals surface area contributed by atoms with Crippen LogP contribution in [0.3, 0.4) is 0 Å². The number of aryl methyl sites for hydroxylation is 2. The number of hydrogen-bond donors (Lipinski definition) is 1. The number of hydrogen-bond acceptors (Lipinski definition) is 2. The van der Waals surface area contributed by atoms with E-state index < -0.39 is 0 Å². The molecule has 1 aliphatic rings. The summed E-state index contributed by atoms with van der Waals surface area (Å²) >= 11 is 5.82. The molecule has 1 atom stereocenters. The van der Waals surface area contributed by atoms with Gasteiger partial charge >= 0.3 is 0 Å². The molecule has 3 nitrogen and oxygen atoms in total. The van der Waals surface area contributed by atoms with Gasteiger partial charge in [-0.3, -0.25) is 9.69 Å². The SMILES string of the molecule is Cc1ccc(C)c([C@H](C)NC(=O)C2CCN(Cc3ccc(Cl)cc3F)CC2)c1. The summed E-state index contributed by atoms with van der Waals surface area (Å²) in [7, 11) is 0. The van der Waals surface area contributed by atoms with Gasteiger partial charge in [-0.15, -0.1) is 0 Å². The van der Waals surface area contributed by atoms with E-state index in [0.29, 0.717) is 17.1 Å². The fraction of sp³-hybridized carbons (Fsp3) is 0.435. The largest absolute Gasteiger partial charge is 0.349 e. The van der Waals surface area contributed by atoms with Crippen molar-refractivity contribution in [1.29, 1.82) is 0 Å². The van der Waals surface area contributed by atoms with E-state index in [9.17, 15) is 9.18 Å². The van der Waals surface area contributed by atoms with E-state index >= 15 is 0 Å². The van der Waals surface area contributed by atoms with Gasteiger partial charge in [-0.05, 0) is 70.0 Å². The van der Waals surface area contributed by atoms with Crippen LogP contribution in [0.25, 0.3) is 0 Å². The maximum absolute atomic E-state index is 14.0. The van der Waals surface area contributed by atoms with Gasteiger partial charge in [-0.1, -0.05) is 41.4 Å². The summed E-state index contributed by atoms with van der Waals surface area (Å²) in [5.74, 6) is -0.140. The molecule has 5 heteroatoms. The third-order valence-corrected chi connectivity index (χ3v) is 5.86. The number of carbonyl (C=O) groups is 1. The summed E-state index contributed by atoms with van der Waals surface area (Å²) in [5.41, 5.74) is 4.21. The first-order valence-electron chi connectivity index (χ1n) is 9.87. The summed E-state index contributed by atoms with van der Waals surface area (Å²) < 4.78 is 14.0. The van der Waals surface area contributed by atoms with Crippen molar-refractivity contribution in [3.8, 4) is 0 Å². The number of halogens is 2. The fourth-order valence-electron chi connectivity index (χ4n) is 3.88. The molecule has 0 bridgehead atoms. The quantitative estimate of drug-likeness (QED) is 0.746. The van der Waals surface area contributed by atoms with Crippen molar-refractivity contribution < 1.29 is 9.18 Å². The number of nitrogens with one attached hydrogen (secondary N) is 1. The minimum atomic E-state index is -0.269. The third-order valence-electron chi connectivity index (χ3n) is 5.63. The van der Waals surface area contributed by atoms with Crippen molar-refractivity contribution in [3.63, 3.8) is 0 Å². The van der Waals surface area contributed by atoms with Gasteiger partial charge in [0.05, 0.1) is 6.04 Å². The van der Waals surface area contributed by atoms with Crippen LogP contribution in [0.5, 0.6) is 0 Å². The second-order valence-corrected chi connectivity index (χ2v) is 8.31. The zero-order valence-corrected chi connectivity index (χ0v) is 17.5. The Kier molecular flexibility index (Phi) is 6.73. The Morgan fingerprint density at radius 1 is 1.21 bits per heavy atom. The summed E-state index contributed by atoms with van der Waals surface area (Å²) in [5, 5.41) is 3.59. The van der Waals surface area contributed by atoms with Crippen molar-refractivity contribution in [2.24, 2.45) is 5.92 Å². The molecule has 28 heavy (non-hydrogen) atoms. The Balaban J connectivity index is 1.52. The maximum atomic E-state index is 14.0. The number of piperidine rings is 1. The zero-order chi connectivity index (χ0) is 20.3. The van der Waals surface area contributed by atoms with Crippen LogP contribution in [-0.2, 0) is 11.3 Å². The highest BCUT2D eigenvalue weighted by atomic mass is 35.5. The molecule has 0 unspecified atom stereocenters. The van der Waals surface area contributed by atoms with Gasteiger partial charge in [-0.2, -0.15) is 0 Å². The second kappa shape index (κ2) is 9.06. The average Bonchev–Trinajstić information content (AvgIpc) is 2.66. The summed E-state index contributed by atoms with van der Waals surface area (Å²) in [6.45, 7) is 8.31. The minimum absolute atomic E-state index is 0.00593. The summed E-state index contributed by atoms with van der Waals surface area (Å²) in [4.78, 5) is 14.9. The number of likely N-dealkylation sites (tertiary alicyclic amines) is 1. The first-order valence-corrected chi connectivity index (χ1v) is 10.2. The zero-order valence-electron chi connectivity index (χ0n) is 16.8. The Labute approximate surface area is 171 Å². The predicted octanol–water partition coefficient (Wildman–Crippen LogP) is 5.19. The maximum Gasteiger partial charge on any atom is 0.223 e. The fourth-order valence-corrected chi connectivity index (χ4v) is 4.04. The summed E-state index contributed by atoms with van der Waals surface area (Å²) in [6.07, 6.45) is 1.58. The number of benzene rings is 2. The van der Waals surface area contributed by atoms with Crippen molar-refractivity contribution in [3.05, 3.63) is 69.5 Å². The van der Waals surface area contributed by atoms with E-state index in [1.54, 1.807) is 12.1 Å². The number of rotatable bonds is 5. The van der Waals surface area contributed by atoms with Gasteiger partial charge < -0.3 is 5.32 Å². The molecule has 2 aromatic carbocycles. The molecule has 1 aliphatic heterocycles. The Hall–Kier alpha value is -1.91. The van der Waals surface area contributed by atoms with Crippen LogP contribution < -0.4 is 5.32 Å². The molecule has 0 spiro atoms. The Morgan fingerprint density at radius 3 is 2.61 bits per heavy atom. The van der Waals surface area contributed by atoms with E-state index in [4.69, 9.17) is 11.6 Å². The molecule has 1 amide bonds. The van der Waals surface area contributed by atoms with Crippen molar-refractivity contribution in [2.75, 3.05) is 13.1 Å². The van der Waals surface area contributed by atoms with E-state index in [0.717, 1.165) is 25.9 Å². The summed E-state index contributed by atoms with van der Waals surface area (Å²) in [6, 6.07) is 11.1. The normalized spacial score (nSPS) is 16.8. The first kappa shape index (κ1) is 20.8.